The van der Waals surface area contributed by atoms with Crippen molar-refractivity contribution < 1.29 is 9.84 Å². The molecule has 0 radical (unpaired) electrons. The third-order valence-corrected chi connectivity index (χ3v) is 3.86. The molecule has 1 unspecified atom stereocenters. The van der Waals surface area contributed by atoms with Crippen molar-refractivity contribution in [1.82, 2.24) is 0 Å². The highest BCUT2D eigenvalue weighted by atomic mass is 16.5. The Kier molecular flexibility index (Phi) is 3.41. The van der Waals surface area contributed by atoms with Gasteiger partial charge in [0.25, 0.3) is 0 Å². The monoisotopic (exact) mass is 280 g/mol. The van der Waals surface area contributed by atoms with Crippen LogP contribution >= 0.6 is 0 Å². The molecule has 21 heavy (non-hydrogen) atoms. The van der Waals surface area contributed by atoms with Crippen molar-refractivity contribution in [1.29, 1.82) is 5.26 Å². The van der Waals surface area contributed by atoms with Gasteiger partial charge in [-0.05, 0) is 48.2 Å². The molecule has 2 aromatic rings. The Balaban J connectivity index is 1.88. The molecule has 4 nitrogen and oxygen atoms in total. The Labute approximate surface area is 123 Å². The van der Waals surface area contributed by atoms with Crippen molar-refractivity contribution in [2.45, 2.75) is 18.9 Å². The Morgan fingerprint density at radius 3 is 2.90 bits per heavy atom. The first-order valence-corrected chi connectivity index (χ1v) is 6.87. The van der Waals surface area contributed by atoms with Crippen LogP contribution in [0.4, 0.5) is 5.69 Å². The molecule has 1 atom stereocenters. The Hall–Kier alpha value is -2.67. The van der Waals surface area contributed by atoms with Gasteiger partial charge in [0, 0.05) is 6.07 Å². The van der Waals surface area contributed by atoms with Crippen molar-refractivity contribution in [2.24, 2.45) is 0 Å². The number of benzene rings is 2. The van der Waals surface area contributed by atoms with Crippen LogP contribution < -0.4 is 10.1 Å². The van der Waals surface area contributed by atoms with Crippen LogP contribution in [0.3, 0.4) is 0 Å². The molecular formula is C17H16N2O2. The molecule has 0 saturated heterocycles. The van der Waals surface area contributed by atoms with E-state index in [4.69, 9.17) is 10.00 Å². The van der Waals surface area contributed by atoms with Gasteiger partial charge in [-0.2, -0.15) is 5.26 Å². The molecule has 0 fully saturated rings. The average molecular weight is 280 g/mol. The summed E-state index contributed by atoms with van der Waals surface area (Å²) in [7, 11) is 1.60. The molecule has 3 rings (SSSR count). The number of nitriles is 1. The molecule has 0 aromatic heterocycles. The zero-order chi connectivity index (χ0) is 14.8. The first kappa shape index (κ1) is 13.3. The van der Waals surface area contributed by atoms with Crippen LogP contribution in [0.25, 0.3) is 0 Å². The van der Waals surface area contributed by atoms with Gasteiger partial charge in [0.2, 0.25) is 0 Å². The normalized spacial score (nSPS) is 16.1. The predicted molar refractivity (Wildman–Crippen MR) is 80.5 cm³/mol. The summed E-state index contributed by atoms with van der Waals surface area (Å²) in [6.45, 7) is 0. The van der Waals surface area contributed by atoms with Crippen LogP contribution in [0.1, 0.15) is 29.2 Å². The fourth-order valence-corrected chi connectivity index (χ4v) is 2.82. The van der Waals surface area contributed by atoms with E-state index >= 15 is 0 Å². The lowest BCUT2D eigenvalue weighted by molar-refractivity contribution is 0.416. The zero-order valence-electron chi connectivity index (χ0n) is 11.8. The molecule has 1 aliphatic rings. The minimum Gasteiger partial charge on any atom is -0.508 e. The van der Waals surface area contributed by atoms with Gasteiger partial charge in [0.15, 0.2) is 0 Å². The highest BCUT2D eigenvalue weighted by molar-refractivity contribution is 5.61. The number of aromatic hydroxyl groups is 1. The summed E-state index contributed by atoms with van der Waals surface area (Å²) in [5.74, 6) is 0.978. The fraction of sp³-hybridized carbons (Fsp3) is 0.235. The van der Waals surface area contributed by atoms with Gasteiger partial charge >= 0.3 is 0 Å². The third kappa shape index (κ3) is 2.50. The summed E-state index contributed by atoms with van der Waals surface area (Å²) in [5.41, 5.74) is 3.84. The van der Waals surface area contributed by atoms with Crippen LogP contribution in [0, 0.1) is 11.3 Å². The molecule has 2 N–H and O–H groups in total. The number of phenols is 1. The van der Waals surface area contributed by atoms with E-state index in [1.165, 1.54) is 11.1 Å². The van der Waals surface area contributed by atoms with E-state index in [1.807, 2.05) is 18.2 Å². The molecule has 1 aliphatic carbocycles. The van der Waals surface area contributed by atoms with Gasteiger partial charge in [0.1, 0.15) is 11.5 Å². The molecule has 0 bridgehead atoms. The van der Waals surface area contributed by atoms with Crippen LogP contribution in [0.2, 0.25) is 0 Å². The lowest BCUT2D eigenvalue weighted by atomic mass is 10.1. The van der Waals surface area contributed by atoms with E-state index in [9.17, 15) is 5.11 Å². The van der Waals surface area contributed by atoms with E-state index < -0.39 is 0 Å². The summed E-state index contributed by atoms with van der Waals surface area (Å²) in [4.78, 5) is 0. The van der Waals surface area contributed by atoms with E-state index in [1.54, 1.807) is 25.3 Å². The summed E-state index contributed by atoms with van der Waals surface area (Å²) in [5, 5.41) is 22.0. The zero-order valence-corrected chi connectivity index (χ0v) is 11.8. The standard InChI is InChI=1S/C17H16N2O2/c1-21-17-8-11(10-18)2-6-16(17)19-15-7-3-12-9-13(20)4-5-14(12)15/h2,4-6,8-9,15,19-20H,3,7H2,1H3. The Morgan fingerprint density at radius 1 is 1.29 bits per heavy atom. The van der Waals surface area contributed by atoms with Gasteiger partial charge < -0.3 is 15.2 Å². The minimum absolute atomic E-state index is 0.197. The number of ether oxygens (including phenoxy) is 1. The van der Waals surface area contributed by atoms with Crippen molar-refractivity contribution in [3.63, 3.8) is 0 Å². The fourth-order valence-electron chi connectivity index (χ4n) is 2.82. The number of anilines is 1. The number of methoxy groups -OCH3 is 1. The molecular weight excluding hydrogens is 264 g/mol. The minimum atomic E-state index is 0.197. The average Bonchev–Trinajstić information content (AvgIpc) is 2.89. The third-order valence-electron chi connectivity index (χ3n) is 3.86. The molecule has 0 heterocycles. The number of rotatable bonds is 3. The van der Waals surface area contributed by atoms with Crippen molar-refractivity contribution in [3.8, 4) is 17.6 Å². The largest absolute Gasteiger partial charge is 0.508 e. The summed E-state index contributed by atoms with van der Waals surface area (Å²) in [6.07, 6.45) is 1.92. The van der Waals surface area contributed by atoms with Crippen molar-refractivity contribution >= 4 is 5.69 Å². The highest BCUT2D eigenvalue weighted by Crippen LogP contribution is 2.37. The summed E-state index contributed by atoms with van der Waals surface area (Å²) in [6, 6.07) is 13.2. The molecule has 106 valence electrons. The number of nitrogens with zero attached hydrogens (tertiary/aromatic N) is 1. The number of hydrogen-bond acceptors (Lipinski definition) is 4. The maximum Gasteiger partial charge on any atom is 0.143 e. The number of hydrogen-bond donors (Lipinski definition) is 2. The molecule has 0 amide bonds. The molecule has 0 saturated carbocycles. The topological polar surface area (TPSA) is 65.3 Å². The Bertz CT molecular complexity index is 719. The van der Waals surface area contributed by atoms with E-state index in [2.05, 4.69) is 11.4 Å². The van der Waals surface area contributed by atoms with Gasteiger partial charge in [-0.25, -0.2) is 0 Å². The van der Waals surface area contributed by atoms with E-state index in [0.29, 0.717) is 17.1 Å². The lowest BCUT2D eigenvalue weighted by Gasteiger charge is -2.18. The smallest absolute Gasteiger partial charge is 0.143 e. The van der Waals surface area contributed by atoms with Gasteiger partial charge in [-0.3, -0.25) is 0 Å². The van der Waals surface area contributed by atoms with E-state index in [-0.39, 0.29) is 6.04 Å². The number of aryl methyl sites for hydroxylation is 1. The molecule has 4 heteroatoms. The number of nitrogens with one attached hydrogen (secondary N) is 1. The second kappa shape index (κ2) is 5.37. The Morgan fingerprint density at radius 2 is 2.14 bits per heavy atom. The summed E-state index contributed by atoms with van der Waals surface area (Å²) >= 11 is 0. The van der Waals surface area contributed by atoms with Crippen LogP contribution in [0.5, 0.6) is 11.5 Å². The lowest BCUT2D eigenvalue weighted by Crippen LogP contribution is -2.08. The van der Waals surface area contributed by atoms with Gasteiger partial charge in [-0.15, -0.1) is 0 Å². The van der Waals surface area contributed by atoms with E-state index in [0.717, 1.165) is 18.5 Å². The molecule has 0 spiro atoms. The number of phenolic OH excluding ortho intramolecular Hbond substituents is 1. The maximum absolute atomic E-state index is 9.54. The quantitative estimate of drug-likeness (QED) is 0.904. The molecule has 0 aliphatic heterocycles. The van der Waals surface area contributed by atoms with Gasteiger partial charge in [-0.1, -0.05) is 6.07 Å². The predicted octanol–water partition coefficient (Wildman–Crippen LogP) is 3.37. The van der Waals surface area contributed by atoms with Crippen LogP contribution in [-0.4, -0.2) is 12.2 Å². The second-order valence-electron chi connectivity index (χ2n) is 5.15. The maximum atomic E-state index is 9.54. The van der Waals surface area contributed by atoms with Gasteiger partial charge in [0.05, 0.1) is 30.5 Å². The highest BCUT2D eigenvalue weighted by Gasteiger charge is 2.23. The van der Waals surface area contributed by atoms with Crippen molar-refractivity contribution in [2.75, 3.05) is 12.4 Å². The second-order valence-corrected chi connectivity index (χ2v) is 5.15. The van der Waals surface area contributed by atoms with Crippen LogP contribution in [-0.2, 0) is 6.42 Å². The molecule has 2 aromatic carbocycles. The van der Waals surface area contributed by atoms with Crippen molar-refractivity contribution in [3.05, 3.63) is 53.1 Å². The summed E-state index contributed by atoms with van der Waals surface area (Å²) < 4.78 is 5.35. The first-order chi connectivity index (χ1) is 10.2. The SMILES string of the molecule is COc1cc(C#N)ccc1NC1CCc2cc(O)ccc21. The first-order valence-electron chi connectivity index (χ1n) is 6.87. The number of fused-ring (bicyclic) bond motifs is 1. The van der Waals surface area contributed by atoms with Crippen LogP contribution in [0.15, 0.2) is 36.4 Å².